The second kappa shape index (κ2) is 8.72. The standard InChI is InChI=1S/C24H19F2N5O4S/c1-13-5-19(30-35-13)23(24(27)32)36(33,34)21-12-31(20-8-17(25)7-18(26)22(20)21)11-14-3-2-4-15(6-14)16-9-28-29-10-16/h2-10,12,23H,11H2,1H3,(H2,27,32)(H,28,29). The topological polar surface area (TPSA) is 137 Å². The van der Waals surface area contributed by atoms with E-state index in [0.29, 0.717) is 6.07 Å². The Morgan fingerprint density at radius 2 is 2.00 bits per heavy atom. The lowest BCUT2D eigenvalue weighted by Gasteiger charge is -2.11. The van der Waals surface area contributed by atoms with Gasteiger partial charge in [-0.25, -0.2) is 17.2 Å². The SMILES string of the molecule is Cc1cc(C(C(N)=O)S(=O)(=O)c2cn(Cc3cccc(-c4cn[nH]c4)c3)c3cc(F)cc(F)c23)no1. The van der Waals surface area contributed by atoms with E-state index >= 15 is 4.39 Å². The summed E-state index contributed by atoms with van der Waals surface area (Å²) < 4.78 is 62.9. The third kappa shape index (κ3) is 4.05. The number of hydrogen-bond donors (Lipinski definition) is 2. The van der Waals surface area contributed by atoms with E-state index in [4.69, 9.17) is 10.3 Å². The van der Waals surface area contributed by atoms with Crippen LogP contribution in [0, 0.1) is 18.6 Å². The van der Waals surface area contributed by atoms with Crippen LogP contribution in [-0.4, -0.2) is 34.2 Å². The normalized spacial score (nSPS) is 12.8. The van der Waals surface area contributed by atoms with Crippen molar-refractivity contribution in [3.8, 4) is 11.1 Å². The summed E-state index contributed by atoms with van der Waals surface area (Å²) in [5.74, 6) is -2.91. The van der Waals surface area contributed by atoms with Crippen LogP contribution < -0.4 is 5.73 Å². The number of nitrogens with zero attached hydrogens (tertiary/aromatic N) is 3. The third-order valence-electron chi connectivity index (χ3n) is 5.76. The number of rotatable bonds is 7. The Kier molecular flexibility index (Phi) is 5.67. The molecule has 0 saturated carbocycles. The number of benzene rings is 2. The predicted molar refractivity (Wildman–Crippen MR) is 125 cm³/mol. The Morgan fingerprint density at radius 1 is 1.19 bits per heavy atom. The number of halogens is 2. The number of carbonyl (C=O) groups is 1. The summed E-state index contributed by atoms with van der Waals surface area (Å²) in [6.45, 7) is 1.61. The van der Waals surface area contributed by atoms with Crippen molar-refractivity contribution in [3.63, 3.8) is 0 Å². The molecule has 184 valence electrons. The second-order valence-electron chi connectivity index (χ2n) is 8.28. The maximum absolute atomic E-state index is 15.0. The number of aryl methyl sites for hydroxylation is 1. The summed E-state index contributed by atoms with van der Waals surface area (Å²) in [7, 11) is -4.61. The van der Waals surface area contributed by atoms with Crippen molar-refractivity contribution in [3.05, 3.63) is 89.7 Å². The van der Waals surface area contributed by atoms with Gasteiger partial charge in [-0.2, -0.15) is 5.10 Å². The molecule has 1 unspecified atom stereocenters. The number of H-pyrrole nitrogens is 1. The van der Waals surface area contributed by atoms with Gasteiger partial charge in [0.15, 0.2) is 15.1 Å². The molecule has 5 rings (SSSR count). The molecule has 2 aromatic carbocycles. The molecule has 0 aliphatic heterocycles. The van der Waals surface area contributed by atoms with Gasteiger partial charge in [0.1, 0.15) is 23.1 Å². The van der Waals surface area contributed by atoms with Crippen LogP contribution in [0.5, 0.6) is 0 Å². The minimum absolute atomic E-state index is 0.000608. The van der Waals surface area contributed by atoms with Gasteiger partial charge in [0.25, 0.3) is 0 Å². The van der Waals surface area contributed by atoms with Gasteiger partial charge in [-0.1, -0.05) is 23.4 Å². The molecule has 3 aromatic heterocycles. The number of fused-ring (bicyclic) bond motifs is 1. The van der Waals surface area contributed by atoms with Gasteiger partial charge in [0, 0.05) is 36.6 Å². The maximum Gasteiger partial charge on any atom is 0.242 e. The van der Waals surface area contributed by atoms with Crippen molar-refractivity contribution in [1.82, 2.24) is 19.9 Å². The highest BCUT2D eigenvalue weighted by atomic mass is 32.2. The highest BCUT2D eigenvalue weighted by molar-refractivity contribution is 7.92. The largest absolute Gasteiger partial charge is 0.368 e. The van der Waals surface area contributed by atoms with E-state index in [2.05, 4.69) is 15.4 Å². The molecule has 5 aromatic rings. The predicted octanol–water partition coefficient (Wildman–Crippen LogP) is 3.65. The van der Waals surface area contributed by atoms with E-state index in [1.54, 1.807) is 24.5 Å². The van der Waals surface area contributed by atoms with Crippen LogP contribution >= 0.6 is 0 Å². The van der Waals surface area contributed by atoms with Gasteiger partial charge in [-0.15, -0.1) is 0 Å². The minimum Gasteiger partial charge on any atom is -0.368 e. The van der Waals surface area contributed by atoms with Gasteiger partial charge >= 0.3 is 0 Å². The first-order chi connectivity index (χ1) is 17.1. The Balaban J connectivity index is 1.66. The molecule has 1 atom stereocenters. The lowest BCUT2D eigenvalue weighted by atomic mass is 10.1. The smallest absolute Gasteiger partial charge is 0.242 e. The van der Waals surface area contributed by atoms with Crippen molar-refractivity contribution in [1.29, 1.82) is 0 Å². The molecule has 12 heteroatoms. The zero-order valence-corrected chi connectivity index (χ0v) is 19.6. The van der Waals surface area contributed by atoms with E-state index in [1.165, 1.54) is 23.8 Å². The molecule has 0 aliphatic carbocycles. The second-order valence-corrected chi connectivity index (χ2v) is 10.3. The molecule has 1 amide bonds. The molecule has 36 heavy (non-hydrogen) atoms. The number of sulfone groups is 1. The van der Waals surface area contributed by atoms with Gasteiger partial charge in [0.05, 0.1) is 22.0 Å². The van der Waals surface area contributed by atoms with Crippen LogP contribution in [0.25, 0.3) is 22.0 Å². The number of hydrogen-bond acceptors (Lipinski definition) is 6. The zero-order chi connectivity index (χ0) is 25.6. The summed E-state index contributed by atoms with van der Waals surface area (Å²) in [5.41, 5.74) is 7.62. The average molecular weight is 512 g/mol. The number of aromatic nitrogens is 4. The number of primary amides is 1. The van der Waals surface area contributed by atoms with Crippen LogP contribution in [0.15, 0.2) is 70.5 Å². The lowest BCUT2D eigenvalue weighted by molar-refractivity contribution is -0.117. The van der Waals surface area contributed by atoms with Crippen molar-refractivity contribution >= 4 is 26.6 Å². The number of amides is 1. The van der Waals surface area contributed by atoms with Crippen LogP contribution in [0.1, 0.15) is 22.3 Å². The molecule has 3 N–H and O–H groups in total. The molecular weight excluding hydrogens is 492 g/mol. The van der Waals surface area contributed by atoms with Crippen molar-refractivity contribution in [2.24, 2.45) is 5.73 Å². The summed E-state index contributed by atoms with van der Waals surface area (Å²) in [5, 5.41) is 8.01. The van der Waals surface area contributed by atoms with Gasteiger partial charge in [-0.05, 0) is 30.2 Å². The van der Waals surface area contributed by atoms with Crippen LogP contribution in [-0.2, 0) is 21.2 Å². The Morgan fingerprint density at radius 3 is 2.67 bits per heavy atom. The number of aromatic amines is 1. The highest BCUT2D eigenvalue weighted by Gasteiger charge is 2.39. The summed E-state index contributed by atoms with van der Waals surface area (Å²) in [4.78, 5) is 11.7. The number of nitrogens with two attached hydrogens (primary N) is 1. The molecular formula is C24H19F2N5O4S. The van der Waals surface area contributed by atoms with Crippen molar-refractivity contribution < 1.29 is 26.5 Å². The summed E-state index contributed by atoms with van der Waals surface area (Å²) in [6, 6.07) is 10.2. The quantitative estimate of drug-likeness (QED) is 0.342. The number of carbonyl (C=O) groups excluding carboxylic acids is 1. The Bertz CT molecular complexity index is 1710. The van der Waals surface area contributed by atoms with E-state index in [9.17, 15) is 17.6 Å². The Hall–Kier alpha value is -4.32. The highest BCUT2D eigenvalue weighted by Crippen LogP contribution is 2.36. The Labute approximate surface area is 203 Å². The molecule has 0 radical (unpaired) electrons. The van der Waals surface area contributed by atoms with E-state index in [1.807, 2.05) is 12.1 Å². The monoisotopic (exact) mass is 511 g/mol. The third-order valence-corrected chi connectivity index (χ3v) is 7.78. The van der Waals surface area contributed by atoms with Gasteiger partial charge in [-0.3, -0.25) is 9.89 Å². The fraction of sp³-hybridized carbons (Fsp3) is 0.125. The van der Waals surface area contributed by atoms with E-state index < -0.39 is 37.5 Å². The first-order valence-corrected chi connectivity index (χ1v) is 12.2. The van der Waals surface area contributed by atoms with Crippen LogP contribution in [0.3, 0.4) is 0 Å². The minimum atomic E-state index is -4.61. The molecule has 9 nitrogen and oxygen atoms in total. The molecule has 0 fully saturated rings. The van der Waals surface area contributed by atoms with Crippen molar-refractivity contribution in [2.75, 3.05) is 0 Å². The zero-order valence-electron chi connectivity index (χ0n) is 18.8. The first-order valence-electron chi connectivity index (χ1n) is 10.7. The maximum atomic E-state index is 15.0. The van der Waals surface area contributed by atoms with Crippen LogP contribution in [0.4, 0.5) is 8.78 Å². The molecule has 0 spiro atoms. The fourth-order valence-electron chi connectivity index (χ4n) is 4.20. The molecule has 3 heterocycles. The summed E-state index contributed by atoms with van der Waals surface area (Å²) in [6.07, 6.45) is 4.54. The van der Waals surface area contributed by atoms with E-state index in [-0.39, 0.29) is 28.9 Å². The molecule has 0 bridgehead atoms. The van der Waals surface area contributed by atoms with Gasteiger partial charge in [0.2, 0.25) is 5.91 Å². The fourth-order valence-corrected chi connectivity index (χ4v) is 5.95. The summed E-state index contributed by atoms with van der Waals surface area (Å²) >= 11 is 0. The van der Waals surface area contributed by atoms with Gasteiger partial charge < -0.3 is 14.8 Å². The first kappa shape index (κ1) is 23.4. The molecule has 0 aliphatic rings. The number of nitrogens with one attached hydrogen (secondary N) is 1. The van der Waals surface area contributed by atoms with Crippen LogP contribution in [0.2, 0.25) is 0 Å². The molecule has 0 saturated heterocycles. The lowest BCUT2D eigenvalue weighted by Crippen LogP contribution is -2.29. The van der Waals surface area contributed by atoms with E-state index in [0.717, 1.165) is 22.8 Å². The average Bonchev–Trinajstić information content (AvgIpc) is 3.55. The van der Waals surface area contributed by atoms with Crippen molar-refractivity contribution in [2.45, 2.75) is 23.6 Å².